The molecule has 33 heavy (non-hydrogen) atoms. The molecule has 3 aliphatic heterocycles. The van der Waals surface area contributed by atoms with Crippen LogP contribution in [0.4, 0.5) is 5.69 Å². The Balaban J connectivity index is 1.17. The number of benzene rings is 1. The van der Waals surface area contributed by atoms with Gasteiger partial charge in [0.05, 0.1) is 17.4 Å². The number of β-amino-alcohol motifs (C(OH)–C–C–N with tert-alkyl or cyclic N) is 1. The first kappa shape index (κ1) is 22.3. The number of carbonyl (C=O) groups excluding carboxylic acids is 1. The molecule has 2 aromatic carbocycles. The first-order chi connectivity index (χ1) is 15.8. The van der Waals surface area contributed by atoms with Crippen LogP contribution in [0.2, 0.25) is 0 Å². The quantitative estimate of drug-likeness (QED) is 0.550. The maximum Gasteiger partial charge on any atom is 0.338 e. The standard InChI is InChI=1S/C26H32N2O5/c1-3-17-22(24(31)23(17)30)28-12-8-26(9-13-28)6-10-27(11-7-26)14-21(29)18-4-5-19-20(16(18)2)15-33-25(19)32/h4-5,21,29H,3,6-15H2,1-2H3. The lowest BCUT2D eigenvalue weighted by Gasteiger charge is -2.48. The molecule has 0 aliphatic carbocycles. The number of aliphatic hydroxyl groups excluding tert-OH is 1. The van der Waals surface area contributed by atoms with Crippen molar-refractivity contribution in [3.8, 4) is 0 Å². The monoisotopic (exact) mass is 452 g/mol. The van der Waals surface area contributed by atoms with E-state index in [0.29, 0.717) is 41.8 Å². The van der Waals surface area contributed by atoms with Crippen LogP contribution in [-0.2, 0) is 17.8 Å². The predicted molar refractivity (Wildman–Crippen MR) is 126 cm³/mol. The van der Waals surface area contributed by atoms with Crippen LogP contribution in [0.1, 0.15) is 71.3 Å². The van der Waals surface area contributed by atoms with E-state index in [9.17, 15) is 19.5 Å². The number of ether oxygens (including phenoxy) is 1. The van der Waals surface area contributed by atoms with E-state index < -0.39 is 6.10 Å². The summed E-state index contributed by atoms with van der Waals surface area (Å²) in [5.41, 5.74) is 4.42. The minimum Gasteiger partial charge on any atom is -0.457 e. The van der Waals surface area contributed by atoms with Crippen molar-refractivity contribution in [1.82, 2.24) is 4.90 Å². The summed E-state index contributed by atoms with van der Waals surface area (Å²) in [6, 6.07) is 3.63. The number of hydrogen-bond donors (Lipinski definition) is 1. The Hall–Kier alpha value is -2.51. The summed E-state index contributed by atoms with van der Waals surface area (Å²) < 4.78 is 5.14. The molecule has 2 saturated heterocycles. The Bertz CT molecular complexity index is 1140. The van der Waals surface area contributed by atoms with Crippen molar-refractivity contribution in [1.29, 1.82) is 0 Å². The third-order valence-electron chi connectivity index (χ3n) is 8.39. The van der Waals surface area contributed by atoms with Gasteiger partial charge in [-0.3, -0.25) is 9.59 Å². The number of rotatable bonds is 5. The van der Waals surface area contributed by atoms with Gasteiger partial charge < -0.3 is 19.6 Å². The molecular weight excluding hydrogens is 420 g/mol. The Kier molecular flexibility index (Phi) is 5.65. The average Bonchev–Trinajstić information content (AvgIpc) is 3.21. The SMILES string of the molecule is CCc1c(N2CCC3(CCN(CC(O)c4ccc5c(c4C)COC5=O)CC3)CC2)c(=O)c1=O. The summed E-state index contributed by atoms with van der Waals surface area (Å²) in [7, 11) is 0. The zero-order valence-electron chi connectivity index (χ0n) is 19.5. The number of nitrogens with zero attached hydrogens (tertiary/aromatic N) is 2. The molecule has 176 valence electrons. The fraction of sp³-hybridized carbons (Fsp3) is 0.577. The molecule has 3 heterocycles. The molecule has 1 spiro atoms. The molecule has 1 unspecified atom stereocenters. The zero-order valence-corrected chi connectivity index (χ0v) is 19.5. The molecule has 0 saturated carbocycles. The second-order valence-electron chi connectivity index (χ2n) is 10.0. The number of likely N-dealkylation sites (tertiary alicyclic amines) is 1. The molecule has 7 nitrogen and oxygen atoms in total. The van der Waals surface area contributed by atoms with Gasteiger partial charge in [-0.25, -0.2) is 4.79 Å². The molecule has 1 atom stereocenters. The molecule has 3 aliphatic rings. The third-order valence-corrected chi connectivity index (χ3v) is 8.39. The number of carbonyl (C=O) groups is 1. The van der Waals surface area contributed by atoms with Gasteiger partial charge in [0, 0.05) is 30.8 Å². The first-order valence-electron chi connectivity index (χ1n) is 12.1. The van der Waals surface area contributed by atoms with Crippen LogP contribution >= 0.6 is 0 Å². The van der Waals surface area contributed by atoms with Gasteiger partial charge in [-0.1, -0.05) is 13.0 Å². The molecule has 0 aromatic heterocycles. The van der Waals surface area contributed by atoms with E-state index in [0.717, 1.165) is 68.6 Å². The highest BCUT2D eigenvalue weighted by Gasteiger charge is 2.39. The summed E-state index contributed by atoms with van der Waals surface area (Å²) in [6.07, 6.45) is 4.30. The molecular formula is C26H32N2O5. The van der Waals surface area contributed by atoms with Gasteiger partial charge in [-0.15, -0.1) is 0 Å². The van der Waals surface area contributed by atoms with Gasteiger partial charge in [-0.05, 0) is 74.7 Å². The van der Waals surface area contributed by atoms with Gasteiger partial charge in [0.15, 0.2) is 0 Å². The maximum absolute atomic E-state index is 12.1. The Labute approximate surface area is 193 Å². The van der Waals surface area contributed by atoms with Gasteiger partial charge in [0.1, 0.15) is 6.61 Å². The van der Waals surface area contributed by atoms with E-state index in [1.165, 1.54) is 0 Å². The molecule has 2 fully saturated rings. The Morgan fingerprint density at radius 1 is 1.03 bits per heavy atom. The van der Waals surface area contributed by atoms with Crippen molar-refractivity contribution in [2.24, 2.45) is 5.41 Å². The van der Waals surface area contributed by atoms with Crippen molar-refractivity contribution in [3.63, 3.8) is 0 Å². The first-order valence-corrected chi connectivity index (χ1v) is 12.1. The van der Waals surface area contributed by atoms with Crippen LogP contribution < -0.4 is 15.8 Å². The van der Waals surface area contributed by atoms with Gasteiger partial charge >= 0.3 is 5.97 Å². The number of fused-ring (bicyclic) bond motifs is 1. The van der Waals surface area contributed by atoms with E-state index >= 15 is 0 Å². The second-order valence-corrected chi connectivity index (χ2v) is 10.0. The van der Waals surface area contributed by atoms with Crippen molar-refractivity contribution in [2.45, 2.75) is 58.7 Å². The lowest BCUT2D eigenvalue weighted by Crippen LogP contribution is -2.51. The summed E-state index contributed by atoms with van der Waals surface area (Å²) in [6.45, 7) is 8.35. The maximum atomic E-state index is 12.1. The topological polar surface area (TPSA) is 87.2 Å². The molecule has 0 bridgehead atoms. The number of cyclic esters (lactones) is 1. The summed E-state index contributed by atoms with van der Waals surface area (Å²) in [5, 5.41) is 10.9. The fourth-order valence-electron chi connectivity index (χ4n) is 6.08. The van der Waals surface area contributed by atoms with Crippen molar-refractivity contribution < 1.29 is 14.6 Å². The summed E-state index contributed by atoms with van der Waals surface area (Å²) in [4.78, 5) is 40.1. The summed E-state index contributed by atoms with van der Waals surface area (Å²) in [5.74, 6) is -0.281. The van der Waals surface area contributed by atoms with Crippen LogP contribution in [0.3, 0.4) is 0 Å². The number of anilines is 1. The highest BCUT2D eigenvalue weighted by atomic mass is 16.5. The molecule has 1 N–H and O–H groups in total. The van der Waals surface area contributed by atoms with E-state index in [1.807, 2.05) is 19.9 Å². The van der Waals surface area contributed by atoms with Crippen LogP contribution in [0.15, 0.2) is 21.7 Å². The van der Waals surface area contributed by atoms with Crippen LogP contribution in [0, 0.1) is 12.3 Å². The smallest absolute Gasteiger partial charge is 0.338 e. The van der Waals surface area contributed by atoms with Crippen LogP contribution in [0.5, 0.6) is 0 Å². The molecule has 7 heteroatoms. The Morgan fingerprint density at radius 2 is 1.70 bits per heavy atom. The number of piperidine rings is 2. The van der Waals surface area contributed by atoms with E-state index in [1.54, 1.807) is 6.07 Å². The van der Waals surface area contributed by atoms with Gasteiger partial charge in [-0.2, -0.15) is 0 Å². The number of esters is 1. The van der Waals surface area contributed by atoms with Gasteiger partial charge in [0.25, 0.3) is 0 Å². The third kappa shape index (κ3) is 3.71. The predicted octanol–water partition coefficient (Wildman–Crippen LogP) is 2.24. The van der Waals surface area contributed by atoms with Crippen molar-refractivity contribution >= 4 is 11.7 Å². The zero-order chi connectivity index (χ0) is 23.3. The van der Waals surface area contributed by atoms with E-state index in [-0.39, 0.29) is 16.8 Å². The number of hydrogen-bond acceptors (Lipinski definition) is 7. The highest BCUT2D eigenvalue weighted by Crippen LogP contribution is 2.42. The number of aliphatic hydroxyl groups is 1. The van der Waals surface area contributed by atoms with Crippen molar-refractivity contribution in [2.75, 3.05) is 37.6 Å². The molecule has 0 amide bonds. The normalized spacial score (nSPS) is 21.4. The minimum atomic E-state index is -0.594. The largest absolute Gasteiger partial charge is 0.457 e. The Morgan fingerprint density at radius 3 is 2.36 bits per heavy atom. The molecule has 5 rings (SSSR count). The van der Waals surface area contributed by atoms with Gasteiger partial charge in [0.2, 0.25) is 10.9 Å². The van der Waals surface area contributed by atoms with Crippen LogP contribution in [-0.4, -0.2) is 48.7 Å². The van der Waals surface area contributed by atoms with Crippen molar-refractivity contribution in [3.05, 3.63) is 60.4 Å². The molecule has 0 radical (unpaired) electrons. The van der Waals surface area contributed by atoms with E-state index in [4.69, 9.17) is 4.74 Å². The lowest BCUT2D eigenvalue weighted by molar-refractivity contribution is 0.0447. The average molecular weight is 453 g/mol. The van der Waals surface area contributed by atoms with E-state index in [2.05, 4.69) is 9.80 Å². The second kappa shape index (κ2) is 8.37. The minimum absolute atomic E-state index is 0.281. The highest BCUT2D eigenvalue weighted by molar-refractivity contribution is 5.93. The van der Waals surface area contributed by atoms with Crippen LogP contribution in [0.25, 0.3) is 0 Å². The summed E-state index contributed by atoms with van der Waals surface area (Å²) >= 11 is 0. The fourth-order valence-corrected chi connectivity index (χ4v) is 6.08. The molecule has 2 aromatic rings. The lowest BCUT2D eigenvalue weighted by atomic mass is 9.71.